The molecule has 2 N–H and O–H groups in total. The zero-order valence-corrected chi connectivity index (χ0v) is 13.3. The van der Waals surface area contributed by atoms with Gasteiger partial charge in [0.05, 0.1) is 5.69 Å². The molecule has 1 saturated heterocycles. The summed E-state index contributed by atoms with van der Waals surface area (Å²) < 4.78 is 1.18. The topological polar surface area (TPSA) is 29.3 Å². The molecule has 2 nitrogen and oxygen atoms in total. The Balaban J connectivity index is 1.74. The first-order valence-corrected chi connectivity index (χ1v) is 8.20. The van der Waals surface area contributed by atoms with E-state index >= 15 is 0 Å². The number of nitrogen functional groups attached to an aromatic ring is 1. The Kier molecular flexibility index (Phi) is 3.50. The zero-order chi connectivity index (χ0) is 13.5. The van der Waals surface area contributed by atoms with Gasteiger partial charge < -0.3 is 10.6 Å². The minimum atomic E-state index is 0.607. The lowest BCUT2D eigenvalue weighted by Crippen LogP contribution is -2.56. The highest BCUT2D eigenvalue weighted by atomic mass is 79.9. The number of hydrogen-bond acceptors (Lipinski definition) is 2. The van der Waals surface area contributed by atoms with Crippen LogP contribution in [0.3, 0.4) is 0 Å². The van der Waals surface area contributed by atoms with Gasteiger partial charge in [-0.25, -0.2) is 0 Å². The van der Waals surface area contributed by atoms with E-state index in [9.17, 15) is 0 Å². The first-order valence-electron chi connectivity index (χ1n) is 7.40. The molecule has 3 heteroatoms. The van der Waals surface area contributed by atoms with Crippen molar-refractivity contribution in [3.05, 3.63) is 22.2 Å². The number of rotatable bonds is 1. The average Bonchev–Trinajstić information content (AvgIpc) is 2.58. The Morgan fingerprint density at radius 2 is 1.74 bits per heavy atom. The van der Waals surface area contributed by atoms with Gasteiger partial charge in [0.15, 0.2) is 0 Å². The molecule has 1 spiro atoms. The number of hydrogen-bond donors (Lipinski definition) is 1. The SMILES string of the molecule is Cc1cc(Br)c(N2CC3(CCCCCC3)C2)cc1N. The van der Waals surface area contributed by atoms with Crippen molar-refractivity contribution in [1.29, 1.82) is 0 Å². The third-order valence-electron chi connectivity index (χ3n) is 4.89. The normalized spacial score (nSPS) is 22.1. The van der Waals surface area contributed by atoms with Gasteiger partial charge in [-0.1, -0.05) is 25.7 Å². The Morgan fingerprint density at radius 1 is 1.11 bits per heavy atom. The maximum Gasteiger partial charge on any atom is 0.0531 e. The molecule has 1 aromatic rings. The summed E-state index contributed by atoms with van der Waals surface area (Å²) in [4.78, 5) is 2.49. The summed E-state index contributed by atoms with van der Waals surface area (Å²) in [5.41, 5.74) is 9.99. The van der Waals surface area contributed by atoms with Crippen molar-refractivity contribution in [2.75, 3.05) is 23.7 Å². The second-order valence-electron chi connectivity index (χ2n) is 6.43. The van der Waals surface area contributed by atoms with Gasteiger partial charge >= 0.3 is 0 Å². The van der Waals surface area contributed by atoms with E-state index in [-0.39, 0.29) is 0 Å². The molecule has 0 atom stereocenters. The molecule has 0 radical (unpaired) electrons. The molecule has 1 aromatic carbocycles. The monoisotopic (exact) mass is 322 g/mol. The van der Waals surface area contributed by atoms with Crippen molar-refractivity contribution in [1.82, 2.24) is 0 Å². The lowest BCUT2D eigenvalue weighted by Gasteiger charge is -2.52. The molecule has 1 aliphatic carbocycles. The van der Waals surface area contributed by atoms with Gasteiger partial charge in [0.2, 0.25) is 0 Å². The molecule has 3 rings (SSSR count). The number of anilines is 2. The quantitative estimate of drug-likeness (QED) is 0.771. The van der Waals surface area contributed by atoms with Crippen LogP contribution >= 0.6 is 15.9 Å². The second kappa shape index (κ2) is 5.01. The highest BCUT2D eigenvalue weighted by Crippen LogP contribution is 2.46. The summed E-state index contributed by atoms with van der Waals surface area (Å²) in [6.45, 7) is 4.50. The third-order valence-corrected chi connectivity index (χ3v) is 5.53. The molecule has 0 bridgehead atoms. The van der Waals surface area contributed by atoms with Gasteiger partial charge in [0, 0.05) is 28.7 Å². The van der Waals surface area contributed by atoms with Crippen LogP contribution in [0.15, 0.2) is 16.6 Å². The van der Waals surface area contributed by atoms with E-state index in [0.717, 1.165) is 11.3 Å². The summed E-state index contributed by atoms with van der Waals surface area (Å²) in [7, 11) is 0. The lowest BCUT2D eigenvalue weighted by molar-refractivity contribution is 0.180. The Morgan fingerprint density at radius 3 is 2.37 bits per heavy atom. The lowest BCUT2D eigenvalue weighted by atomic mass is 9.73. The van der Waals surface area contributed by atoms with E-state index in [1.165, 1.54) is 61.8 Å². The molecule has 2 fully saturated rings. The molecule has 19 heavy (non-hydrogen) atoms. The summed E-state index contributed by atoms with van der Waals surface area (Å²) >= 11 is 3.69. The summed E-state index contributed by atoms with van der Waals surface area (Å²) in [6.07, 6.45) is 8.55. The largest absolute Gasteiger partial charge is 0.398 e. The highest BCUT2D eigenvalue weighted by Gasteiger charge is 2.43. The minimum absolute atomic E-state index is 0.607. The smallest absolute Gasteiger partial charge is 0.0531 e. The molecule has 0 aromatic heterocycles. The van der Waals surface area contributed by atoms with Gasteiger partial charge in [-0.15, -0.1) is 0 Å². The Labute approximate surface area is 124 Å². The molecule has 1 heterocycles. The standard InChI is InChI=1S/C16H23BrN2/c1-12-8-13(17)15(9-14(12)18)19-10-16(11-19)6-4-2-3-5-7-16/h8-9H,2-7,10-11,18H2,1H3. The van der Waals surface area contributed by atoms with E-state index in [2.05, 4.69) is 39.9 Å². The van der Waals surface area contributed by atoms with Crippen molar-refractivity contribution in [2.24, 2.45) is 5.41 Å². The van der Waals surface area contributed by atoms with E-state index in [4.69, 9.17) is 5.73 Å². The van der Waals surface area contributed by atoms with E-state index in [0.29, 0.717) is 5.41 Å². The average molecular weight is 323 g/mol. The van der Waals surface area contributed by atoms with E-state index in [1.807, 2.05) is 0 Å². The zero-order valence-electron chi connectivity index (χ0n) is 11.7. The van der Waals surface area contributed by atoms with Crippen molar-refractivity contribution < 1.29 is 0 Å². The van der Waals surface area contributed by atoms with Crippen LogP contribution in [0.25, 0.3) is 0 Å². The van der Waals surface area contributed by atoms with Crippen LogP contribution in [0.1, 0.15) is 44.1 Å². The van der Waals surface area contributed by atoms with Crippen molar-refractivity contribution in [2.45, 2.75) is 45.4 Å². The van der Waals surface area contributed by atoms with Crippen LogP contribution in [0, 0.1) is 12.3 Å². The third kappa shape index (κ3) is 2.49. The van der Waals surface area contributed by atoms with Crippen LogP contribution in [-0.2, 0) is 0 Å². The maximum atomic E-state index is 6.05. The molecule has 1 aliphatic heterocycles. The molecule has 0 unspecified atom stereocenters. The van der Waals surface area contributed by atoms with Crippen LogP contribution in [0.2, 0.25) is 0 Å². The number of halogens is 1. The molecule has 0 amide bonds. The van der Waals surface area contributed by atoms with Crippen LogP contribution in [-0.4, -0.2) is 13.1 Å². The number of nitrogens with two attached hydrogens (primary N) is 1. The van der Waals surface area contributed by atoms with Gasteiger partial charge in [-0.2, -0.15) is 0 Å². The highest BCUT2D eigenvalue weighted by molar-refractivity contribution is 9.10. The molecular weight excluding hydrogens is 300 g/mol. The molecule has 104 valence electrons. The number of benzene rings is 1. The van der Waals surface area contributed by atoms with Crippen molar-refractivity contribution >= 4 is 27.3 Å². The molecule has 2 aliphatic rings. The fourth-order valence-corrected chi connectivity index (χ4v) is 4.36. The predicted octanol–water partition coefficient (Wildman–Crippen LogP) is 4.50. The molecule has 1 saturated carbocycles. The summed E-state index contributed by atoms with van der Waals surface area (Å²) in [5, 5.41) is 0. The van der Waals surface area contributed by atoms with Crippen LogP contribution in [0.5, 0.6) is 0 Å². The Bertz CT molecular complexity index is 468. The van der Waals surface area contributed by atoms with Gasteiger partial charge in [-0.05, 0) is 53.4 Å². The second-order valence-corrected chi connectivity index (χ2v) is 7.28. The van der Waals surface area contributed by atoms with Gasteiger partial charge in [-0.3, -0.25) is 0 Å². The minimum Gasteiger partial charge on any atom is -0.398 e. The number of nitrogens with zero attached hydrogens (tertiary/aromatic N) is 1. The van der Waals surface area contributed by atoms with Crippen molar-refractivity contribution in [3.8, 4) is 0 Å². The Hall–Kier alpha value is -0.700. The number of aryl methyl sites for hydroxylation is 1. The summed E-state index contributed by atoms with van der Waals surface area (Å²) in [6, 6.07) is 4.27. The maximum absolute atomic E-state index is 6.05. The van der Waals surface area contributed by atoms with Crippen molar-refractivity contribution in [3.63, 3.8) is 0 Å². The van der Waals surface area contributed by atoms with Gasteiger partial charge in [0.25, 0.3) is 0 Å². The van der Waals surface area contributed by atoms with Crippen LogP contribution in [0.4, 0.5) is 11.4 Å². The predicted molar refractivity (Wildman–Crippen MR) is 85.6 cm³/mol. The van der Waals surface area contributed by atoms with E-state index in [1.54, 1.807) is 0 Å². The van der Waals surface area contributed by atoms with E-state index < -0.39 is 0 Å². The fraction of sp³-hybridized carbons (Fsp3) is 0.625. The first-order chi connectivity index (χ1) is 9.10. The first kappa shape index (κ1) is 13.3. The van der Waals surface area contributed by atoms with Crippen LogP contribution < -0.4 is 10.6 Å². The van der Waals surface area contributed by atoms with Gasteiger partial charge in [0.1, 0.15) is 0 Å². The molecular formula is C16H23BrN2. The summed E-state index contributed by atoms with van der Waals surface area (Å²) in [5.74, 6) is 0. The fourth-order valence-electron chi connectivity index (χ4n) is 3.65.